The summed E-state index contributed by atoms with van der Waals surface area (Å²) in [5.41, 5.74) is 5.11. The number of halogens is 2. The van der Waals surface area contributed by atoms with Crippen LogP contribution in [0.3, 0.4) is 0 Å². The number of hydrogen-bond acceptors (Lipinski definition) is 2. The molecule has 54 valence electrons. The topological polar surface area (TPSA) is 42.8 Å². The summed E-state index contributed by atoms with van der Waals surface area (Å²) in [5.74, 6) is -0.741. The molecular weight excluding hydrogens is 157 g/mol. The van der Waals surface area contributed by atoms with Crippen LogP contribution in [0.1, 0.15) is 0 Å². The quantitative estimate of drug-likeness (QED) is 0.440. The molecule has 1 aromatic rings. The van der Waals surface area contributed by atoms with Gasteiger partial charge in [-0.25, -0.2) is 4.57 Å². The van der Waals surface area contributed by atoms with Crippen molar-refractivity contribution in [1.82, 2.24) is 4.98 Å². The van der Waals surface area contributed by atoms with Crippen LogP contribution < -0.4 is 10.3 Å². The van der Waals surface area contributed by atoms with Gasteiger partial charge in [-0.2, -0.15) is 4.39 Å². The second-order valence-electron chi connectivity index (χ2n) is 1.85. The summed E-state index contributed by atoms with van der Waals surface area (Å²) in [6.45, 7) is 0. The van der Waals surface area contributed by atoms with Crippen LogP contribution in [0.25, 0.3) is 0 Å². The van der Waals surface area contributed by atoms with Gasteiger partial charge in [0.2, 0.25) is 5.82 Å². The fraction of sp³-hybridized carbons (Fsp3) is 0.200. The van der Waals surface area contributed by atoms with E-state index in [9.17, 15) is 4.39 Å². The summed E-state index contributed by atoms with van der Waals surface area (Å²) in [4.78, 5) is 3.50. The van der Waals surface area contributed by atoms with Gasteiger partial charge < -0.3 is 5.73 Å². The molecular formula is C5H6ClFN3+. The normalized spacial score (nSPS) is 9.90. The minimum absolute atomic E-state index is 0.166. The van der Waals surface area contributed by atoms with Gasteiger partial charge in [-0.15, -0.1) is 0 Å². The zero-order chi connectivity index (χ0) is 7.72. The van der Waals surface area contributed by atoms with Gasteiger partial charge in [0.25, 0.3) is 5.82 Å². The molecule has 0 fully saturated rings. The van der Waals surface area contributed by atoms with Crippen LogP contribution in [0.2, 0.25) is 5.28 Å². The number of nitrogens with zero attached hydrogens (tertiary/aromatic N) is 2. The third-order valence-corrected chi connectivity index (χ3v) is 1.41. The average molecular weight is 163 g/mol. The summed E-state index contributed by atoms with van der Waals surface area (Å²) >= 11 is 5.49. The molecule has 0 aromatic carbocycles. The second-order valence-corrected chi connectivity index (χ2v) is 2.19. The van der Waals surface area contributed by atoms with Crippen molar-refractivity contribution in [2.24, 2.45) is 7.05 Å². The van der Waals surface area contributed by atoms with Gasteiger partial charge >= 0.3 is 5.28 Å². The first-order chi connectivity index (χ1) is 4.61. The molecule has 0 aliphatic rings. The largest absolute Gasteiger partial charge is 0.398 e. The molecule has 0 saturated carbocycles. The number of hydrogen-bond donors (Lipinski definition) is 1. The SMILES string of the molecule is C[n+]1cc(F)c(N)nc1Cl. The molecule has 1 heterocycles. The van der Waals surface area contributed by atoms with Gasteiger partial charge in [0.1, 0.15) is 6.20 Å². The van der Waals surface area contributed by atoms with Gasteiger partial charge in [-0.1, -0.05) is 0 Å². The van der Waals surface area contributed by atoms with Crippen LogP contribution in [-0.4, -0.2) is 4.98 Å². The summed E-state index contributed by atoms with van der Waals surface area (Å²) in [5, 5.41) is 0.166. The van der Waals surface area contributed by atoms with Crippen molar-refractivity contribution in [3.8, 4) is 0 Å². The van der Waals surface area contributed by atoms with E-state index in [4.69, 9.17) is 17.3 Å². The average Bonchev–Trinajstić information content (AvgIpc) is 1.84. The molecule has 2 N–H and O–H groups in total. The Hall–Kier alpha value is -0.900. The summed E-state index contributed by atoms with van der Waals surface area (Å²) in [7, 11) is 1.58. The lowest BCUT2D eigenvalue weighted by atomic mass is 10.6. The number of anilines is 1. The van der Waals surface area contributed by atoms with E-state index in [0.29, 0.717) is 0 Å². The highest BCUT2D eigenvalue weighted by Gasteiger charge is 2.12. The van der Waals surface area contributed by atoms with Crippen LogP contribution in [0, 0.1) is 5.82 Å². The minimum atomic E-state index is -0.563. The van der Waals surface area contributed by atoms with Crippen molar-refractivity contribution in [3.05, 3.63) is 17.3 Å². The highest BCUT2D eigenvalue weighted by atomic mass is 35.5. The monoisotopic (exact) mass is 162 g/mol. The molecule has 1 aromatic heterocycles. The Labute approximate surface area is 62.3 Å². The fourth-order valence-corrected chi connectivity index (χ4v) is 0.661. The highest BCUT2D eigenvalue weighted by Crippen LogP contribution is 2.04. The smallest absolute Gasteiger partial charge is 0.360 e. The number of aromatic nitrogens is 2. The zero-order valence-electron chi connectivity index (χ0n) is 5.31. The molecule has 0 aliphatic heterocycles. The summed E-state index contributed by atoms with van der Waals surface area (Å²) in [6, 6.07) is 0. The molecule has 0 atom stereocenters. The van der Waals surface area contributed by atoms with Gasteiger partial charge in [0.05, 0.1) is 7.05 Å². The Bertz CT molecular complexity index is 213. The Balaban J connectivity index is 3.28. The zero-order valence-corrected chi connectivity index (χ0v) is 6.06. The first-order valence-corrected chi connectivity index (χ1v) is 2.96. The van der Waals surface area contributed by atoms with Crippen molar-refractivity contribution < 1.29 is 8.96 Å². The predicted molar refractivity (Wildman–Crippen MR) is 34.8 cm³/mol. The maximum Gasteiger partial charge on any atom is 0.398 e. The Morgan fingerprint density at radius 3 is 2.90 bits per heavy atom. The Kier molecular flexibility index (Phi) is 1.72. The summed E-state index contributed by atoms with van der Waals surface area (Å²) < 4.78 is 13.8. The summed E-state index contributed by atoms with van der Waals surface area (Å²) in [6.07, 6.45) is 1.17. The maximum atomic E-state index is 12.5. The first-order valence-electron chi connectivity index (χ1n) is 2.58. The molecule has 0 bridgehead atoms. The highest BCUT2D eigenvalue weighted by molar-refractivity contribution is 6.27. The Morgan fingerprint density at radius 1 is 1.80 bits per heavy atom. The van der Waals surface area contributed by atoms with Gasteiger partial charge in [-0.3, -0.25) is 0 Å². The molecule has 1 rings (SSSR count). The predicted octanol–water partition coefficient (Wildman–Crippen LogP) is 0.281. The van der Waals surface area contributed by atoms with E-state index in [2.05, 4.69) is 4.98 Å². The molecule has 0 saturated heterocycles. The van der Waals surface area contributed by atoms with Gasteiger partial charge in [0, 0.05) is 11.6 Å². The standard InChI is InChI=1S/C5H5ClFN3/c1-10-2-3(7)4(8)9-5(10)6/h2,8H,1H3/p+1. The van der Waals surface area contributed by atoms with Gasteiger partial charge in [-0.05, 0) is 4.98 Å². The van der Waals surface area contributed by atoms with Crippen molar-refractivity contribution in [2.45, 2.75) is 0 Å². The molecule has 5 heteroatoms. The van der Waals surface area contributed by atoms with Crippen molar-refractivity contribution in [3.63, 3.8) is 0 Å². The molecule has 3 nitrogen and oxygen atoms in total. The fourth-order valence-electron chi connectivity index (χ4n) is 0.521. The van der Waals surface area contributed by atoms with E-state index >= 15 is 0 Å². The molecule has 0 unspecified atom stereocenters. The van der Waals surface area contributed by atoms with E-state index in [1.54, 1.807) is 7.05 Å². The van der Waals surface area contributed by atoms with Crippen molar-refractivity contribution in [2.75, 3.05) is 5.73 Å². The second kappa shape index (κ2) is 2.38. The van der Waals surface area contributed by atoms with Crippen molar-refractivity contribution >= 4 is 17.4 Å². The molecule has 0 spiro atoms. The van der Waals surface area contributed by atoms with Crippen LogP contribution in [-0.2, 0) is 7.05 Å². The molecule has 0 radical (unpaired) electrons. The third kappa shape index (κ3) is 1.16. The first kappa shape index (κ1) is 7.21. The van der Waals surface area contributed by atoms with Crippen LogP contribution >= 0.6 is 11.6 Å². The lowest BCUT2D eigenvalue weighted by Crippen LogP contribution is -2.31. The number of nitrogens with two attached hydrogens (primary N) is 1. The van der Waals surface area contributed by atoms with Crippen LogP contribution in [0.4, 0.5) is 10.2 Å². The van der Waals surface area contributed by atoms with E-state index in [1.165, 1.54) is 10.8 Å². The van der Waals surface area contributed by atoms with Crippen LogP contribution in [0.15, 0.2) is 6.20 Å². The van der Waals surface area contributed by atoms with Gasteiger partial charge in [0.15, 0.2) is 0 Å². The van der Waals surface area contributed by atoms with Crippen molar-refractivity contribution in [1.29, 1.82) is 0 Å². The third-order valence-electron chi connectivity index (χ3n) is 1.06. The maximum absolute atomic E-state index is 12.5. The number of aryl methyl sites for hydroxylation is 1. The molecule has 0 amide bonds. The molecule has 10 heavy (non-hydrogen) atoms. The lowest BCUT2D eigenvalue weighted by molar-refractivity contribution is -0.673. The minimum Gasteiger partial charge on any atom is -0.360 e. The van der Waals surface area contributed by atoms with E-state index < -0.39 is 5.82 Å². The van der Waals surface area contributed by atoms with E-state index in [1.807, 2.05) is 0 Å². The lowest BCUT2D eigenvalue weighted by Gasteiger charge is -1.91. The number of nitrogen functional groups attached to an aromatic ring is 1. The van der Waals surface area contributed by atoms with E-state index in [0.717, 1.165) is 0 Å². The van der Waals surface area contributed by atoms with Crippen LogP contribution in [0.5, 0.6) is 0 Å². The Morgan fingerprint density at radius 2 is 2.40 bits per heavy atom. The van der Waals surface area contributed by atoms with E-state index in [-0.39, 0.29) is 11.1 Å². The molecule has 0 aliphatic carbocycles. The number of rotatable bonds is 0.